The van der Waals surface area contributed by atoms with Crippen LogP contribution >= 0.6 is 27.7 Å². The van der Waals surface area contributed by atoms with Gasteiger partial charge in [0, 0.05) is 22.8 Å². The summed E-state index contributed by atoms with van der Waals surface area (Å²) in [5.74, 6) is 1.06. The van der Waals surface area contributed by atoms with Crippen LogP contribution in [0.1, 0.15) is 43.7 Å². The summed E-state index contributed by atoms with van der Waals surface area (Å²) >= 11 is 5.08. The van der Waals surface area contributed by atoms with Crippen LogP contribution in [-0.4, -0.2) is 34.6 Å². The maximum absolute atomic E-state index is 13.1. The first kappa shape index (κ1) is 22.9. The summed E-state index contributed by atoms with van der Waals surface area (Å²) in [6, 6.07) is 17.8. The minimum atomic E-state index is -0.505. The van der Waals surface area contributed by atoms with Gasteiger partial charge < -0.3 is 10.2 Å². The van der Waals surface area contributed by atoms with Crippen molar-refractivity contribution >= 4 is 39.5 Å². The number of hydrogen-bond acceptors (Lipinski definition) is 3. The highest BCUT2D eigenvalue weighted by Gasteiger charge is 2.28. The molecule has 1 aliphatic rings. The molecule has 0 unspecified atom stereocenters. The molecule has 1 fully saturated rings. The van der Waals surface area contributed by atoms with Gasteiger partial charge in [0.15, 0.2) is 0 Å². The van der Waals surface area contributed by atoms with E-state index < -0.39 is 6.04 Å². The predicted octanol–water partition coefficient (Wildman–Crippen LogP) is 5.16. The number of hydrogen-bond donors (Lipinski definition) is 1. The first-order valence-electron chi connectivity index (χ1n) is 10.5. The zero-order valence-corrected chi connectivity index (χ0v) is 19.8. The van der Waals surface area contributed by atoms with Gasteiger partial charge in [-0.3, -0.25) is 9.59 Å². The zero-order valence-electron chi connectivity index (χ0n) is 17.4. The Hall–Kier alpha value is -1.79. The molecule has 4 nitrogen and oxygen atoms in total. The van der Waals surface area contributed by atoms with Crippen LogP contribution in [0.2, 0.25) is 0 Å². The summed E-state index contributed by atoms with van der Waals surface area (Å²) in [6.45, 7) is 2.26. The van der Waals surface area contributed by atoms with Crippen molar-refractivity contribution in [2.24, 2.45) is 0 Å². The van der Waals surface area contributed by atoms with Gasteiger partial charge in [0.25, 0.3) is 0 Å². The highest BCUT2D eigenvalue weighted by Crippen LogP contribution is 2.20. The maximum atomic E-state index is 13.1. The molecular formula is C24H29BrN2O2S. The second-order valence-corrected chi connectivity index (χ2v) is 9.70. The van der Waals surface area contributed by atoms with Crippen LogP contribution in [-0.2, 0) is 21.9 Å². The van der Waals surface area contributed by atoms with Crippen molar-refractivity contribution in [1.82, 2.24) is 10.2 Å². The Balaban J connectivity index is 1.65. The molecule has 2 aromatic rings. The lowest BCUT2D eigenvalue weighted by molar-refractivity contribution is -0.138. The second kappa shape index (κ2) is 11.6. The average molecular weight is 489 g/mol. The average Bonchev–Trinajstić information content (AvgIpc) is 3.25. The van der Waals surface area contributed by atoms with Gasteiger partial charge in [-0.15, -0.1) is 11.8 Å². The lowest BCUT2D eigenvalue weighted by atomic mass is 10.1. The van der Waals surface area contributed by atoms with E-state index in [1.54, 1.807) is 16.7 Å². The third kappa shape index (κ3) is 6.88. The van der Waals surface area contributed by atoms with Gasteiger partial charge >= 0.3 is 0 Å². The number of halogens is 1. The summed E-state index contributed by atoms with van der Waals surface area (Å²) in [7, 11) is 0. The van der Waals surface area contributed by atoms with Gasteiger partial charge in [0.1, 0.15) is 6.04 Å². The standard InChI is InChI=1S/C24H29BrN2O2S/c1-18(24(29)26-22-12-5-6-13-22)27(15-20-10-7-11-21(25)14-20)23(28)17-30-16-19-8-3-2-4-9-19/h2-4,7-11,14,18,22H,5-6,12-13,15-17H2,1H3,(H,26,29)/t18-/m1/s1. The number of carbonyl (C=O) groups is 2. The van der Waals surface area contributed by atoms with Crippen LogP contribution < -0.4 is 5.32 Å². The number of rotatable bonds is 9. The Morgan fingerprint density at radius 3 is 2.50 bits per heavy atom. The molecule has 2 amide bonds. The fraction of sp³-hybridized carbons (Fsp3) is 0.417. The Morgan fingerprint density at radius 1 is 1.10 bits per heavy atom. The summed E-state index contributed by atoms with van der Waals surface area (Å²) in [5.41, 5.74) is 2.20. The van der Waals surface area contributed by atoms with Crippen molar-refractivity contribution in [3.05, 3.63) is 70.2 Å². The van der Waals surface area contributed by atoms with E-state index in [9.17, 15) is 9.59 Å². The molecular weight excluding hydrogens is 460 g/mol. The van der Waals surface area contributed by atoms with E-state index in [2.05, 4.69) is 33.4 Å². The molecule has 30 heavy (non-hydrogen) atoms. The highest BCUT2D eigenvalue weighted by atomic mass is 79.9. The Morgan fingerprint density at radius 2 is 1.80 bits per heavy atom. The highest BCUT2D eigenvalue weighted by molar-refractivity contribution is 9.10. The lowest BCUT2D eigenvalue weighted by Gasteiger charge is -2.29. The molecule has 1 saturated carbocycles. The van der Waals surface area contributed by atoms with Gasteiger partial charge in [-0.2, -0.15) is 0 Å². The molecule has 3 rings (SSSR count). The van der Waals surface area contributed by atoms with Crippen molar-refractivity contribution in [2.75, 3.05) is 5.75 Å². The van der Waals surface area contributed by atoms with E-state index in [-0.39, 0.29) is 17.9 Å². The van der Waals surface area contributed by atoms with Crippen molar-refractivity contribution in [1.29, 1.82) is 0 Å². The molecule has 1 atom stereocenters. The SMILES string of the molecule is C[C@H](C(=O)NC1CCCC1)N(Cc1cccc(Br)c1)C(=O)CSCc1ccccc1. The molecule has 0 bridgehead atoms. The lowest BCUT2D eigenvalue weighted by Crippen LogP contribution is -2.50. The van der Waals surface area contributed by atoms with E-state index in [0.717, 1.165) is 41.5 Å². The van der Waals surface area contributed by atoms with Crippen molar-refractivity contribution in [3.63, 3.8) is 0 Å². The molecule has 0 aromatic heterocycles. The molecule has 0 radical (unpaired) electrons. The number of amides is 2. The quantitative estimate of drug-likeness (QED) is 0.530. The molecule has 0 spiro atoms. The molecule has 2 aromatic carbocycles. The predicted molar refractivity (Wildman–Crippen MR) is 127 cm³/mol. The van der Waals surface area contributed by atoms with E-state index in [0.29, 0.717) is 12.3 Å². The third-order valence-electron chi connectivity index (χ3n) is 5.45. The maximum Gasteiger partial charge on any atom is 0.242 e. The molecule has 0 saturated heterocycles. The number of nitrogens with one attached hydrogen (secondary N) is 1. The normalized spacial score (nSPS) is 15.0. The number of benzene rings is 2. The first-order valence-corrected chi connectivity index (χ1v) is 12.4. The Bertz CT molecular complexity index is 840. The van der Waals surface area contributed by atoms with E-state index in [1.807, 2.05) is 49.4 Å². The topological polar surface area (TPSA) is 49.4 Å². The number of nitrogens with zero attached hydrogens (tertiary/aromatic N) is 1. The monoisotopic (exact) mass is 488 g/mol. The summed E-state index contributed by atoms with van der Waals surface area (Å²) in [5, 5.41) is 3.14. The van der Waals surface area contributed by atoms with Gasteiger partial charge in [-0.25, -0.2) is 0 Å². The van der Waals surface area contributed by atoms with Crippen LogP contribution in [0.15, 0.2) is 59.1 Å². The minimum Gasteiger partial charge on any atom is -0.352 e. The van der Waals surface area contributed by atoms with Crippen LogP contribution in [0.3, 0.4) is 0 Å². The van der Waals surface area contributed by atoms with Gasteiger partial charge in [-0.05, 0) is 43.0 Å². The Kier molecular flexibility index (Phi) is 8.82. The Labute approximate surface area is 191 Å². The van der Waals surface area contributed by atoms with E-state index in [4.69, 9.17) is 0 Å². The number of carbonyl (C=O) groups excluding carboxylic acids is 2. The second-order valence-electron chi connectivity index (χ2n) is 7.80. The van der Waals surface area contributed by atoms with Gasteiger partial charge in [0.2, 0.25) is 11.8 Å². The fourth-order valence-electron chi connectivity index (χ4n) is 3.72. The molecule has 0 heterocycles. The van der Waals surface area contributed by atoms with Gasteiger partial charge in [-0.1, -0.05) is 71.2 Å². The number of thioether (sulfide) groups is 1. The molecule has 0 aliphatic heterocycles. The first-order chi connectivity index (χ1) is 14.5. The zero-order chi connectivity index (χ0) is 21.3. The summed E-state index contributed by atoms with van der Waals surface area (Å²) in [4.78, 5) is 27.7. The fourth-order valence-corrected chi connectivity index (χ4v) is 5.04. The van der Waals surface area contributed by atoms with Crippen LogP contribution in [0, 0.1) is 0 Å². The van der Waals surface area contributed by atoms with Gasteiger partial charge in [0.05, 0.1) is 5.75 Å². The summed E-state index contributed by atoms with van der Waals surface area (Å²) < 4.78 is 0.967. The third-order valence-corrected chi connectivity index (χ3v) is 6.93. The van der Waals surface area contributed by atoms with Crippen molar-refractivity contribution in [2.45, 2.75) is 57.0 Å². The summed E-state index contributed by atoms with van der Waals surface area (Å²) in [6.07, 6.45) is 4.39. The molecule has 1 aliphatic carbocycles. The minimum absolute atomic E-state index is 0.00928. The molecule has 1 N–H and O–H groups in total. The van der Waals surface area contributed by atoms with Crippen molar-refractivity contribution in [3.8, 4) is 0 Å². The van der Waals surface area contributed by atoms with E-state index >= 15 is 0 Å². The molecule has 160 valence electrons. The largest absolute Gasteiger partial charge is 0.352 e. The smallest absolute Gasteiger partial charge is 0.242 e. The van der Waals surface area contributed by atoms with E-state index in [1.165, 1.54) is 5.56 Å². The molecule has 6 heteroatoms. The van der Waals surface area contributed by atoms with Crippen LogP contribution in [0.5, 0.6) is 0 Å². The van der Waals surface area contributed by atoms with Crippen molar-refractivity contribution < 1.29 is 9.59 Å². The van der Waals surface area contributed by atoms with Crippen LogP contribution in [0.25, 0.3) is 0 Å². The van der Waals surface area contributed by atoms with Crippen LogP contribution in [0.4, 0.5) is 0 Å².